The molecule has 0 radical (unpaired) electrons. The molecule has 2 unspecified atom stereocenters. The molecule has 6 nitrogen and oxygen atoms in total. The number of carbonyl (C=O) groups excluding carboxylic acids is 1. The van der Waals surface area contributed by atoms with Gasteiger partial charge < -0.3 is 19.4 Å². The van der Waals surface area contributed by atoms with Crippen LogP contribution in [0.15, 0.2) is 39.7 Å². The Labute approximate surface area is 114 Å². The molecule has 0 aliphatic carbocycles. The van der Waals surface area contributed by atoms with E-state index in [0.717, 1.165) is 0 Å². The number of aliphatic hydroxyl groups is 2. The van der Waals surface area contributed by atoms with Gasteiger partial charge in [-0.1, -0.05) is 6.07 Å². The number of benzene rings is 1. The van der Waals surface area contributed by atoms with Crippen LogP contribution in [0.2, 0.25) is 0 Å². The Morgan fingerprint density at radius 2 is 2.10 bits per heavy atom. The van der Waals surface area contributed by atoms with Gasteiger partial charge in [0.25, 0.3) is 0 Å². The molecule has 2 N–H and O–H groups in total. The van der Waals surface area contributed by atoms with Crippen molar-refractivity contribution >= 4 is 16.9 Å². The molecule has 0 spiro atoms. The summed E-state index contributed by atoms with van der Waals surface area (Å²) in [7, 11) is 1.20. The van der Waals surface area contributed by atoms with Gasteiger partial charge in [0.05, 0.1) is 31.3 Å². The van der Waals surface area contributed by atoms with Crippen LogP contribution >= 0.6 is 0 Å². The topological polar surface area (TPSA) is 97.0 Å². The zero-order valence-electron chi connectivity index (χ0n) is 10.8. The van der Waals surface area contributed by atoms with Crippen LogP contribution in [-0.4, -0.2) is 29.4 Å². The number of hydrogen-bond acceptors (Lipinski definition) is 6. The Balaban J connectivity index is 2.30. The standard InChI is InChI=1S/C14H14O6/c1-19-13(17)7-11(16)14(18)8-2-3-12-9(6-8)10(15)4-5-20-12/h2-6,11,14,16,18H,7H2,1H3. The lowest BCUT2D eigenvalue weighted by Crippen LogP contribution is -2.22. The van der Waals surface area contributed by atoms with E-state index >= 15 is 0 Å². The minimum Gasteiger partial charge on any atom is -0.469 e. The minimum atomic E-state index is -1.31. The zero-order valence-corrected chi connectivity index (χ0v) is 10.8. The van der Waals surface area contributed by atoms with Crippen LogP contribution in [0.1, 0.15) is 18.1 Å². The van der Waals surface area contributed by atoms with Crippen LogP contribution < -0.4 is 5.43 Å². The van der Waals surface area contributed by atoms with Gasteiger partial charge in [-0.15, -0.1) is 0 Å². The van der Waals surface area contributed by atoms with Crippen molar-refractivity contribution in [3.63, 3.8) is 0 Å². The SMILES string of the molecule is COC(=O)CC(O)C(O)c1ccc2occc(=O)c2c1. The lowest BCUT2D eigenvalue weighted by Gasteiger charge is -2.17. The van der Waals surface area contributed by atoms with Crippen molar-refractivity contribution < 1.29 is 24.2 Å². The van der Waals surface area contributed by atoms with Gasteiger partial charge in [0, 0.05) is 6.07 Å². The number of ether oxygens (including phenoxy) is 1. The van der Waals surface area contributed by atoms with Gasteiger partial charge in [-0.2, -0.15) is 0 Å². The second kappa shape index (κ2) is 5.85. The fourth-order valence-corrected chi connectivity index (χ4v) is 1.87. The second-order valence-electron chi connectivity index (χ2n) is 4.33. The average molecular weight is 278 g/mol. The van der Waals surface area contributed by atoms with Crippen LogP contribution in [0, 0.1) is 0 Å². The first kappa shape index (κ1) is 14.2. The normalized spacial score (nSPS) is 13.9. The third kappa shape index (κ3) is 2.87. The lowest BCUT2D eigenvalue weighted by molar-refractivity contribution is -0.144. The molecular formula is C14H14O6. The highest BCUT2D eigenvalue weighted by Gasteiger charge is 2.22. The molecule has 2 rings (SSSR count). The Hall–Kier alpha value is -2.18. The number of esters is 1. The first-order valence-corrected chi connectivity index (χ1v) is 5.97. The van der Waals surface area contributed by atoms with Gasteiger partial charge in [-0.25, -0.2) is 0 Å². The van der Waals surface area contributed by atoms with Crippen LogP contribution in [0.5, 0.6) is 0 Å². The fourth-order valence-electron chi connectivity index (χ4n) is 1.87. The van der Waals surface area contributed by atoms with Gasteiger partial charge in [0.1, 0.15) is 11.7 Å². The number of hydrogen-bond donors (Lipinski definition) is 2. The third-order valence-corrected chi connectivity index (χ3v) is 2.99. The van der Waals surface area contributed by atoms with Crippen molar-refractivity contribution in [3.8, 4) is 0 Å². The van der Waals surface area contributed by atoms with Crippen LogP contribution in [0.4, 0.5) is 0 Å². The van der Waals surface area contributed by atoms with Crippen LogP contribution in [0.3, 0.4) is 0 Å². The van der Waals surface area contributed by atoms with Crippen molar-refractivity contribution in [2.24, 2.45) is 0 Å². The summed E-state index contributed by atoms with van der Waals surface area (Å²) in [6, 6.07) is 5.76. The van der Waals surface area contributed by atoms with Crippen molar-refractivity contribution in [3.05, 3.63) is 46.3 Å². The third-order valence-electron chi connectivity index (χ3n) is 2.99. The molecule has 20 heavy (non-hydrogen) atoms. The van der Waals surface area contributed by atoms with E-state index < -0.39 is 18.2 Å². The maximum atomic E-state index is 11.7. The Morgan fingerprint density at radius 1 is 1.35 bits per heavy atom. The Kier molecular flexibility index (Phi) is 4.16. The maximum absolute atomic E-state index is 11.7. The van der Waals surface area contributed by atoms with E-state index in [1.54, 1.807) is 0 Å². The van der Waals surface area contributed by atoms with E-state index in [4.69, 9.17) is 4.42 Å². The Bertz CT molecular complexity index is 675. The fraction of sp³-hybridized carbons (Fsp3) is 0.286. The first-order valence-electron chi connectivity index (χ1n) is 5.97. The molecule has 0 aliphatic heterocycles. The summed E-state index contributed by atoms with van der Waals surface area (Å²) < 4.78 is 9.57. The monoisotopic (exact) mass is 278 g/mol. The van der Waals surface area contributed by atoms with E-state index in [-0.39, 0.29) is 11.8 Å². The number of rotatable bonds is 4. The summed E-state index contributed by atoms with van der Waals surface area (Å²) >= 11 is 0. The molecule has 2 atom stereocenters. The van der Waals surface area contributed by atoms with E-state index in [9.17, 15) is 19.8 Å². The summed E-state index contributed by atoms with van der Waals surface area (Å²) in [6.07, 6.45) is -1.65. The van der Waals surface area contributed by atoms with E-state index in [1.165, 1.54) is 37.6 Å². The molecule has 1 aromatic heterocycles. The molecule has 0 aliphatic rings. The van der Waals surface area contributed by atoms with Crippen molar-refractivity contribution in [1.29, 1.82) is 0 Å². The summed E-state index contributed by atoms with van der Waals surface area (Å²) in [4.78, 5) is 22.7. The second-order valence-corrected chi connectivity index (χ2v) is 4.33. The van der Waals surface area contributed by atoms with E-state index in [1.807, 2.05) is 0 Å². The summed E-state index contributed by atoms with van der Waals surface area (Å²) in [5.41, 5.74) is 0.464. The molecule has 106 valence electrons. The smallest absolute Gasteiger partial charge is 0.308 e. The predicted octanol–water partition coefficient (Wildman–Crippen LogP) is 0.750. The van der Waals surface area contributed by atoms with Gasteiger partial charge in [-0.05, 0) is 17.7 Å². The van der Waals surface area contributed by atoms with E-state index in [0.29, 0.717) is 16.5 Å². The highest BCUT2D eigenvalue weighted by molar-refractivity contribution is 5.77. The highest BCUT2D eigenvalue weighted by Crippen LogP contribution is 2.22. The molecule has 2 aromatic rings. The zero-order chi connectivity index (χ0) is 14.7. The Morgan fingerprint density at radius 3 is 2.80 bits per heavy atom. The van der Waals surface area contributed by atoms with Crippen molar-refractivity contribution in [2.45, 2.75) is 18.6 Å². The lowest BCUT2D eigenvalue weighted by atomic mass is 10.0. The quantitative estimate of drug-likeness (QED) is 0.801. The van der Waals surface area contributed by atoms with Crippen LogP contribution in [0.25, 0.3) is 11.0 Å². The number of aliphatic hydroxyl groups excluding tert-OH is 2. The number of fused-ring (bicyclic) bond motifs is 1. The largest absolute Gasteiger partial charge is 0.469 e. The first-order chi connectivity index (χ1) is 9.52. The minimum absolute atomic E-state index is 0.247. The predicted molar refractivity (Wildman–Crippen MR) is 70.1 cm³/mol. The molecule has 0 saturated heterocycles. The summed E-state index contributed by atoms with van der Waals surface area (Å²) in [6.45, 7) is 0. The van der Waals surface area contributed by atoms with E-state index in [2.05, 4.69) is 4.74 Å². The molecular weight excluding hydrogens is 264 g/mol. The summed E-state index contributed by atoms with van der Waals surface area (Å²) in [5.74, 6) is -0.628. The molecule has 0 amide bonds. The van der Waals surface area contributed by atoms with Crippen molar-refractivity contribution in [1.82, 2.24) is 0 Å². The maximum Gasteiger partial charge on any atom is 0.308 e. The molecule has 1 aromatic carbocycles. The molecule has 0 bridgehead atoms. The average Bonchev–Trinajstić information content (AvgIpc) is 2.46. The van der Waals surface area contributed by atoms with Gasteiger partial charge in [0.15, 0.2) is 5.43 Å². The number of methoxy groups -OCH3 is 1. The highest BCUT2D eigenvalue weighted by atomic mass is 16.5. The number of carbonyl (C=O) groups is 1. The summed E-state index contributed by atoms with van der Waals surface area (Å²) in [5, 5.41) is 20.1. The molecule has 6 heteroatoms. The van der Waals surface area contributed by atoms with Crippen LogP contribution in [-0.2, 0) is 9.53 Å². The van der Waals surface area contributed by atoms with Gasteiger partial charge in [-0.3, -0.25) is 9.59 Å². The van der Waals surface area contributed by atoms with Gasteiger partial charge >= 0.3 is 5.97 Å². The van der Waals surface area contributed by atoms with Crippen molar-refractivity contribution in [2.75, 3.05) is 7.11 Å². The van der Waals surface area contributed by atoms with Gasteiger partial charge in [0.2, 0.25) is 0 Å². The molecule has 1 heterocycles. The molecule has 0 fully saturated rings. The molecule has 0 saturated carbocycles.